The second-order valence-electron chi connectivity index (χ2n) is 7.92. The van der Waals surface area contributed by atoms with Crippen LogP contribution < -0.4 is 5.32 Å². The number of aromatic nitrogens is 1. The predicted octanol–water partition coefficient (Wildman–Crippen LogP) is 4.27. The highest BCUT2D eigenvalue weighted by molar-refractivity contribution is 6.44. The topological polar surface area (TPSA) is 96.0 Å². The van der Waals surface area contributed by atoms with Crippen LogP contribution in [0.2, 0.25) is 10.0 Å². The number of piperidine rings is 1. The Labute approximate surface area is 198 Å². The van der Waals surface area contributed by atoms with Crippen LogP contribution in [-0.2, 0) is 0 Å². The number of amides is 2. The number of halogens is 2. The number of rotatable bonds is 5. The number of nitriles is 2. The molecule has 0 spiro atoms. The number of pyridine rings is 1. The lowest BCUT2D eigenvalue weighted by Crippen LogP contribution is -2.48. The molecule has 1 fully saturated rings. The number of urea groups is 1. The molecule has 2 amide bonds. The van der Waals surface area contributed by atoms with Gasteiger partial charge >= 0.3 is 6.03 Å². The van der Waals surface area contributed by atoms with Crippen molar-refractivity contribution in [2.75, 3.05) is 33.7 Å². The summed E-state index contributed by atoms with van der Waals surface area (Å²) >= 11 is 13.0. The molecule has 1 aromatic heterocycles. The molecule has 1 saturated heterocycles. The molecule has 1 N–H and O–H groups in total. The fraction of sp³-hybridized carbons (Fsp3) is 0.391. The molecular formula is C23H24Cl2N6O. The summed E-state index contributed by atoms with van der Waals surface area (Å²) < 4.78 is 0. The smallest absolute Gasteiger partial charge is 0.317 e. The van der Waals surface area contributed by atoms with Crippen molar-refractivity contribution in [2.24, 2.45) is 0 Å². The van der Waals surface area contributed by atoms with Gasteiger partial charge in [-0.1, -0.05) is 35.3 Å². The van der Waals surface area contributed by atoms with E-state index in [1.54, 1.807) is 36.3 Å². The summed E-state index contributed by atoms with van der Waals surface area (Å²) in [4.78, 5) is 20.6. The molecule has 7 nitrogen and oxygen atoms in total. The van der Waals surface area contributed by atoms with Gasteiger partial charge in [-0.05, 0) is 44.6 Å². The summed E-state index contributed by atoms with van der Waals surface area (Å²) in [6.07, 6.45) is 4.91. The average Bonchev–Trinajstić information content (AvgIpc) is 2.81. The van der Waals surface area contributed by atoms with Crippen molar-refractivity contribution in [3.8, 4) is 23.3 Å². The first-order valence-corrected chi connectivity index (χ1v) is 11.0. The van der Waals surface area contributed by atoms with Gasteiger partial charge in [-0.3, -0.25) is 4.98 Å². The molecule has 1 atom stereocenters. The molecule has 1 unspecified atom stereocenters. The van der Waals surface area contributed by atoms with Crippen molar-refractivity contribution in [3.63, 3.8) is 0 Å². The van der Waals surface area contributed by atoms with Gasteiger partial charge in [0, 0.05) is 43.2 Å². The predicted molar refractivity (Wildman–Crippen MR) is 124 cm³/mol. The van der Waals surface area contributed by atoms with Crippen molar-refractivity contribution in [2.45, 2.75) is 24.8 Å². The number of carbonyl (C=O) groups is 1. The van der Waals surface area contributed by atoms with E-state index >= 15 is 0 Å². The fourth-order valence-corrected chi connectivity index (χ4v) is 4.37. The summed E-state index contributed by atoms with van der Waals surface area (Å²) in [5.74, 6) is -0.660. The van der Waals surface area contributed by atoms with Crippen LogP contribution in [0.5, 0.6) is 0 Å². The molecule has 2 heterocycles. The number of benzene rings is 1. The van der Waals surface area contributed by atoms with Gasteiger partial charge in [-0.15, -0.1) is 0 Å². The minimum Gasteiger partial charge on any atom is -0.336 e. The number of hydrogen-bond acceptors (Lipinski definition) is 5. The third-order valence-corrected chi connectivity index (χ3v) is 6.73. The van der Waals surface area contributed by atoms with Crippen LogP contribution in [-0.4, -0.2) is 60.6 Å². The number of nitrogens with zero attached hydrogens (tertiary/aromatic N) is 5. The van der Waals surface area contributed by atoms with Crippen LogP contribution in [0.1, 0.15) is 29.9 Å². The Morgan fingerprint density at radius 1 is 1.28 bits per heavy atom. The molecule has 166 valence electrons. The lowest BCUT2D eigenvalue weighted by atomic mass is 9.97. The first-order chi connectivity index (χ1) is 15.3. The number of hydrogen-bond donors (Lipinski definition) is 1. The number of carbonyl (C=O) groups excluding carboxylic acids is 1. The van der Waals surface area contributed by atoms with Gasteiger partial charge in [-0.25, -0.2) is 4.79 Å². The largest absolute Gasteiger partial charge is 0.336 e. The van der Waals surface area contributed by atoms with Crippen molar-refractivity contribution < 1.29 is 4.79 Å². The SMILES string of the molecule is CN1CCC(N(C)C(=O)NCC(C#N)c2ccc(-c3cncc(C#N)c3)c(Cl)c2Cl)CC1. The summed E-state index contributed by atoms with van der Waals surface area (Å²) in [6.45, 7) is 2.03. The summed E-state index contributed by atoms with van der Waals surface area (Å²) in [5, 5.41) is 22.2. The van der Waals surface area contributed by atoms with Gasteiger partial charge in [0.05, 0.1) is 27.6 Å². The highest BCUT2D eigenvalue weighted by atomic mass is 35.5. The molecule has 3 rings (SSSR count). The van der Waals surface area contributed by atoms with E-state index in [-0.39, 0.29) is 28.7 Å². The third kappa shape index (κ3) is 5.31. The van der Waals surface area contributed by atoms with Gasteiger partial charge < -0.3 is 15.1 Å². The second kappa shape index (κ2) is 10.7. The van der Waals surface area contributed by atoms with E-state index in [1.807, 2.05) is 6.07 Å². The van der Waals surface area contributed by atoms with Crippen LogP contribution in [0.25, 0.3) is 11.1 Å². The Morgan fingerprint density at radius 2 is 2.00 bits per heavy atom. The van der Waals surface area contributed by atoms with Crippen molar-refractivity contribution in [1.82, 2.24) is 20.1 Å². The van der Waals surface area contributed by atoms with Gasteiger partial charge in [0.25, 0.3) is 0 Å². The normalized spacial score (nSPS) is 15.4. The molecule has 2 aromatic rings. The molecule has 1 aliphatic rings. The minimum absolute atomic E-state index is 0.118. The highest BCUT2D eigenvalue weighted by Crippen LogP contribution is 2.38. The Bertz CT molecular complexity index is 1070. The highest BCUT2D eigenvalue weighted by Gasteiger charge is 2.25. The maximum Gasteiger partial charge on any atom is 0.317 e. The van der Waals surface area contributed by atoms with Crippen molar-refractivity contribution in [1.29, 1.82) is 10.5 Å². The molecule has 32 heavy (non-hydrogen) atoms. The van der Waals surface area contributed by atoms with Gasteiger partial charge in [-0.2, -0.15) is 10.5 Å². The van der Waals surface area contributed by atoms with Crippen molar-refractivity contribution in [3.05, 3.63) is 51.8 Å². The lowest BCUT2D eigenvalue weighted by molar-refractivity contribution is 0.148. The molecule has 0 radical (unpaired) electrons. The van der Waals surface area contributed by atoms with Crippen LogP contribution in [0, 0.1) is 22.7 Å². The molecule has 9 heteroatoms. The monoisotopic (exact) mass is 470 g/mol. The third-order valence-electron chi connectivity index (χ3n) is 5.84. The maximum absolute atomic E-state index is 12.6. The van der Waals surface area contributed by atoms with Gasteiger partial charge in [0.15, 0.2) is 0 Å². The van der Waals surface area contributed by atoms with E-state index in [1.165, 1.54) is 6.20 Å². The van der Waals surface area contributed by atoms with Crippen LogP contribution in [0.15, 0.2) is 30.6 Å². The molecule has 0 saturated carbocycles. The Balaban J connectivity index is 1.72. The van der Waals surface area contributed by atoms with Crippen LogP contribution in [0.4, 0.5) is 4.79 Å². The quantitative estimate of drug-likeness (QED) is 0.703. The number of likely N-dealkylation sites (tertiary alicyclic amines) is 1. The average molecular weight is 471 g/mol. The maximum atomic E-state index is 12.6. The van der Waals surface area contributed by atoms with Crippen LogP contribution in [0.3, 0.4) is 0 Å². The van der Waals surface area contributed by atoms with E-state index in [9.17, 15) is 10.1 Å². The standard InChI is InChI=1S/C23H24Cl2N6O/c1-30-7-5-18(6-8-30)31(2)23(32)29-14-17(11-27)20-4-3-19(21(24)22(20)25)16-9-15(10-26)12-28-13-16/h3-4,9,12-13,17-18H,5-8,14H2,1-2H3,(H,29,32). The second-order valence-corrected chi connectivity index (χ2v) is 8.67. The summed E-state index contributed by atoms with van der Waals surface area (Å²) in [5.41, 5.74) is 2.22. The van der Waals surface area contributed by atoms with E-state index in [4.69, 9.17) is 28.5 Å². The molecule has 1 aromatic carbocycles. The Kier molecular flexibility index (Phi) is 7.93. The fourth-order valence-electron chi connectivity index (χ4n) is 3.79. The van der Waals surface area contributed by atoms with E-state index in [0.29, 0.717) is 22.3 Å². The molecule has 0 bridgehead atoms. The lowest BCUT2D eigenvalue weighted by Gasteiger charge is -2.35. The van der Waals surface area contributed by atoms with E-state index < -0.39 is 5.92 Å². The Morgan fingerprint density at radius 3 is 2.66 bits per heavy atom. The summed E-state index contributed by atoms with van der Waals surface area (Å²) in [7, 11) is 3.86. The van der Waals surface area contributed by atoms with Gasteiger partial charge in [0.1, 0.15) is 6.07 Å². The number of nitrogens with one attached hydrogen (secondary N) is 1. The summed E-state index contributed by atoms with van der Waals surface area (Å²) in [6, 6.07) is 9.37. The zero-order valence-electron chi connectivity index (χ0n) is 18.0. The van der Waals surface area contributed by atoms with E-state index in [0.717, 1.165) is 25.9 Å². The molecular weight excluding hydrogens is 447 g/mol. The van der Waals surface area contributed by atoms with Crippen LogP contribution >= 0.6 is 23.2 Å². The molecule has 1 aliphatic heterocycles. The minimum atomic E-state index is -0.660. The Hall–Kier alpha value is -2.84. The van der Waals surface area contributed by atoms with Crippen molar-refractivity contribution >= 4 is 29.2 Å². The zero-order chi connectivity index (χ0) is 23.3. The first kappa shape index (κ1) is 23.8. The van der Waals surface area contributed by atoms with E-state index in [2.05, 4.69) is 28.3 Å². The first-order valence-electron chi connectivity index (χ1n) is 10.3. The van der Waals surface area contributed by atoms with Gasteiger partial charge in [0.2, 0.25) is 0 Å². The zero-order valence-corrected chi connectivity index (χ0v) is 19.5. The molecule has 0 aliphatic carbocycles.